The molecule has 0 radical (unpaired) electrons. The van der Waals surface area contributed by atoms with Crippen LogP contribution >= 0.6 is 11.8 Å². The third kappa shape index (κ3) is 2.27. The lowest BCUT2D eigenvalue weighted by molar-refractivity contribution is -0.150. The summed E-state index contributed by atoms with van der Waals surface area (Å²) < 4.78 is 4.47. The van der Waals surface area contributed by atoms with Gasteiger partial charge < -0.3 is 9.84 Å². The van der Waals surface area contributed by atoms with Crippen LogP contribution in [0, 0.1) is 0 Å². The zero-order valence-corrected chi connectivity index (χ0v) is 8.88. The largest absolute Gasteiger partial charge is 0.467 e. The maximum Gasteiger partial charge on any atom is 0.339 e. The van der Waals surface area contributed by atoms with E-state index in [1.807, 2.05) is 18.4 Å². The van der Waals surface area contributed by atoms with Crippen LogP contribution in [0.3, 0.4) is 0 Å². The number of aliphatic hydroxyl groups is 1. The summed E-state index contributed by atoms with van der Waals surface area (Å²) in [7, 11) is 1.26. The molecule has 0 bridgehead atoms. The summed E-state index contributed by atoms with van der Waals surface area (Å²) >= 11 is 1.48. The Hall–Kier alpha value is -1.00. The fourth-order valence-electron chi connectivity index (χ4n) is 1.13. The van der Waals surface area contributed by atoms with Crippen molar-refractivity contribution in [3.8, 4) is 0 Å². The molecule has 76 valence electrons. The Morgan fingerprint density at radius 3 is 2.71 bits per heavy atom. The average molecular weight is 212 g/mol. The summed E-state index contributed by atoms with van der Waals surface area (Å²) in [5.74, 6) is -0.633. The van der Waals surface area contributed by atoms with E-state index in [4.69, 9.17) is 0 Å². The maximum absolute atomic E-state index is 11.1. The van der Waals surface area contributed by atoms with E-state index in [0.717, 1.165) is 4.90 Å². The molecule has 1 aromatic rings. The highest BCUT2D eigenvalue weighted by molar-refractivity contribution is 7.98. The van der Waals surface area contributed by atoms with Gasteiger partial charge in [-0.15, -0.1) is 11.8 Å². The number of hydrogen-bond donors (Lipinski definition) is 1. The van der Waals surface area contributed by atoms with Gasteiger partial charge in [0.1, 0.15) is 0 Å². The molecule has 0 saturated heterocycles. The second-order valence-corrected chi connectivity index (χ2v) is 3.52. The molecule has 0 amide bonds. The van der Waals surface area contributed by atoms with Gasteiger partial charge in [0.05, 0.1) is 7.11 Å². The van der Waals surface area contributed by atoms with Gasteiger partial charge in [0.15, 0.2) is 6.10 Å². The smallest absolute Gasteiger partial charge is 0.339 e. The van der Waals surface area contributed by atoms with Crippen LogP contribution < -0.4 is 0 Å². The molecule has 0 saturated carbocycles. The number of benzene rings is 1. The van der Waals surface area contributed by atoms with E-state index in [1.165, 1.54) is 18.9 Å². The minimum Gasteiger partial charge on any atom is -0.467 e. The van der Waals surface area contributed by atoms with Crippen LogP contribution in [0.2, 0.25) is 0 Å². The monoisotopic (exact) mass is 212 g/mol. The highest BCUT2D eigenvalue weighted by Gasteiger charge is 2.20. The molecule has 0 fully saturated rings. The van der Waals surface area contributed by atoms with Crippen molar-refractivity contribution in [1.29, 1.82) is 0 Å². The molecule has 1 unspecified atom stereocenters. The van der Waals surface area contributed by atoms with E-state index < -0.39 is 12.1 Å². The average Bonchev–Trinajstić information content (AvgIpc) is 2.26. The maximum atomic E-state index is 11.1. The zero-order valence-electron chi connectivity index (χ0n) is 8.06. The summed E-state index contributed by atoms with van der Waals surface area (Å²) in [6.45, 7) is 0. The van der Waals surface area contributed by atoms with Gasteiger partial charge in [-0.3, -0.25) is 0 Å². The van der Waals surface area contributed by atoms with Crippen LogP contribution in [-0.2, 0) is 9.53 Å². The first-order valence-corrected chi connectivity index (χ1v) is 5.32. The molecular weight excluding hydrogens is 200 g/mol. The fourth-order valence-corrected chi connectivity index (χ4v) is 1.76. The van der Waals surface area contributed by atoms with Crippen LogP contribution in [0.1, 0.15) is 11.7 Å². The Labute approximate surface area is 87.1 Å². The van der Waals surface area contributed by atoms with E-state index in [1.54, 1.807) is 12.1 Å². The van der Waals surface area contributed by atoms with E-state index >= 15 is 0 Å². The van der Waals surface area contributed by atoms with Gasteiger partial charge >= 0.3 is 5.97 Å². The van der Waals surface area contributed by atoms with Crippen molar-refractivity contribution in [2.75, 3.05) is 13.4 Å². The summed E-state index contributed by atoms with van der Waals surface area (Å²) in [5.41, 5.74) is 0.590. The number of esters is 1. The first-order chi connectivity index (χ1) is 6.70. The van der Waals surface area contributed by atoms with E-state index in [9.17, 15) is 9.90 Å². The minimum absolute atomic E-state index is 0.590. The quantitative estimate of drug-likeness (QED) is 0.611. The van der Waals surface area contributed by atoms with Crippen LogP contribution in [0.4, 0.5) is 0 Å². The Bertz CT molecular complexity index is 325. The van der Waals surface area contributed by atoms with E-state index in [2.05, 4.69) is 4.74 Å². The van der Waals surface area contributed by atoms with Gasteiger partial charge in [-0.1, -0.05) is 18.2 Å². The predicted molar refractivity (Wildman–Crippen MR) is 55.2 cm³/mol. The van der Waals surface area contributed by atoms with E-state index in [-0.39, 0.29) is 0 Å². The van der Waals surface area contributed by atoms with Gasteiger partial charge in [-0.05, 0) is 12.3 Å². The molecular formula is C10H12O3S. The van der Waals surface area contributed by atoms with Gasteiger partial charge in [-0.2, -0.15) is 0 Å². The van der Waals surface area contributed by atoms with Gasteiger partial charge in [0, 0.05) is 10.5 Å². The topological polar surface area (TPSA) is 46.5 Å². The molecule has 1 rings (SSSR count). The van der Waals surface area contributed by atoms with Crippen molar-refractivity contribution in [3.63, 3.8) is 0 Å². The minimum atomic E-state index is -1.19. The third-order valence-electron chi connectivity index (χ3n) is 1.86. The van der Waals surface area contributed by atoms with Crippen molar-refractivity contribution < 1.29 is 14.6 Å². The second kappa shape index (κ2) is 5.02. The Morgan fingerprint density at radius 1 is 1.50 bits per heavy atom. The van der Waals surface area contributed by atoms with Gasteiger partial charge in [0.2, 0.25) is 0 Å². The number of carbonyl (C=O) groups excluding carboxylic acids is 1. The number of carbonyl (C=O) groups is 1. The van der Waals surface area contributed by atoms with E-state index in [0.29, 0.717) is 5.56 Å². The first-order valence-electron chi connectivity index (χ1n) is 4.09. The molecule has 0 spiro atoms. The van der Waals surface area contributed by atoms with Gasteiger partial charge in [0.25, 0.3) is 0 Å². The highest BCUT2D eigenvalue weighted by atomic mass is 32.2. The first kappa shape index (κ1) is 11.1. The number of aliphatic hydroxyl groups excluding tert-OH is 1. The fraction of sp³-hybridized carbons (Fsp3) is 0.300. The lowest BCUT2D eigenvalue weighted by Gasteiger charge is -2.11. The molecule has 1 aromatic carbocycles. The third-order valence-corrected chi connectivity index (χ3v) is 2.67. The lowest BCUT2D eigenvalue weighted by atomic mass is 10.1. The number of thioether (sulfide) groups is 1. The molecule has 0 aliphatic rings. The molecule has 3 nitrogen and oxygen atoms in total. The normalized spacial score (nSPS) is 12.2. The van der Waals surface area contributed by atoms with Crippen molar-refractivity contribution in [1.82, 2.24) is 0 Å². The number of methoxy groups -OCH3 is 1. The van der Waals surface area contributed by atoms with Gasteiger partial charge in [-0.25, -0.2) is 4.79 Å². The number of ether oxygens (including phenoxy) is 1. The van der Waals surface area contributed by atoms with Crippen molar-refractivity contribution in [2.24, 2.45) is 0 Å². The molecule has 4 heteroatoms. The second-order valence-electron chi connectivity index (χ2n) is 2.67. The molecule has 1 N–H and O–H groups in total. The SMILES string of the molecule is COC(=O)C(O)c1ccccc1SC. The Kier molecular flexibility index (Phi) is 3.98. The highest BCUT2D eigenvalue weighted by Crippen LogP contribution is 2.26. The molecule has 0 aliphatic heterocycles. The summed E-state index contributed by atoms with van der Waals surface area (Å²) in [6.07, 6.45) is 0.701. The molecule has 0 aliphatic carbocycles. The zero-order chi connectivity index (χ0) is 10.6. The van der Waals surface area contributed by atoms with Crippen molar-refractivity contribution in [3.05, 3.63) is 29.8 Å². The van der Waals surface area contributed by atoms with Crippen molar-refractivity contribution in [2.45, 2.75) is 11.0 Å². The Balaban J connectivity index is 2.99. The van der Waals surface area contributed by atoms with Crippen LogP contribution in [-0.4, -0.2) is 24.4 Å². The van der Waals surface area contributed by atoms with Crippen LogP contribution in [0.15, 0.2) is 29.2 Å². The summed E-state index contributed by atoms with van der Waals surface area (Å²) in [5, 5.41) is 9.61. The predicted octanol–water partition coefficient (Wildman–Crippen LogP) is 1.61. The molecule has 14 heavy (non-hydrogen) atoms. The lowest BCUT2D eigenvalue weighted by Crippen LogP contribution is -2.14. The van der Waals surface area contributed by atoms with Crippen molar-refractivity contribution >= 4 is 17.7 Å². The Morgan fingerprint density at radius 2 is 2.14 bits per heavy atom. The molecule has 0 aromatic heterocycles. The molecule has 1 atom stereocenters. The standard InChI is InChI=1S/C10H12O3S/c1-13-10(12)9(11)7-5-3-4-6-8(7)14-2/h3-6,9,11H,1-2H3. The number of hydrogen-bond acceptors (Lipinski definition) is 4. The summed E-state index contributed by atoms with van der Waals surface area (Å²) in [6, 6.07) is 7.21. The van der Waals surface area contributed by atoms with Crippen LogP contribution in [0.5, 0.6) is 0 Å². The summed E-state index contributed by atoms with van der Waals surface area (Å²) in [4.78, 5) is 12.0. The van der Waals surface area contributed by atoms with Crippen LogP contribution in [0.25, 0.3) is 0 Å². The number of rotatable bonds is 3. The molecule has 0 heterocycles.